The molecule has 4 N–H and O–H groups in total. The summed E-state index contributed by atoms with van der Waals surface area (Å²) in [5.74, 6) is 0.709. The average Bonchev–Trinajstić information content (AvgIpc) is 2.93. The van der Waals surface area contributed by atoms with E-state index >= 15 is 0 Å². The van der Waals surface area contributed by atoms with Crippen molar-refractivity contribution < 1.29 is 9.53 Å². The lowest BCUT2D eigenvalue weighted by atomic mass is 10.1. The molecule has 1 heterocycles. The minimum Gasteiger partial charge on any atom is -0.493 e. The Morgan fingerprint density at radius 3 is 2.90 bits per heavy atom. The van der Waals surface area contributed by atoms with E-state index in [0.717, 1.165) is 43.8 Å². The Hall–Kier alpha value is -1.59. The van der Waals surface area contributed by atoms with Crippen LogP contribution in [0.25, 0.3) is 0 Å². The molecular weight excluding hydrogens is 254 g/mol. The van der Waals surface area contributed by atoms with Crippen LogP contribution < -0.4 is 16.2 Å². The first-order valence-electron chi connectivity index (χ1n) is 7.13. The summed E-state index contributed by atoms with van der Waals surface area (Å²) in [6, 6.07) is 7.84. The molecule has 1 aliphatic heterocycles. The molecule has 1 aromatic rings. The Bertz CT molecular complexity index is 450. The standard InChI is InChI=1S/C15H23N3O2/c16-10-12-4-1-2-5-14(12)20-9-3-7-18-8-6-13(11-18)15(17)19/h1-2,4-5,13H,3,6-11,16H2,(H2,17,19). The zero-order chi connectivity index (χ0) is 14.4. The van der Waals surface area contributed by atoms with Gasteiger partial charge in [0.1, 0.15) is 5.75 Å². The molecule has 0 radical (unpaired) electrons. The van der Waals surface area contributed by atoms with Crippen molar-refractivity contribution in [2.45, 2.75) is 19.4 Å². The van der Waals surface area contributed by atoms with Crippen molar-refractivity contribution in [1.82, 2.24) is 4.90 Å². The van der Waals surface area contributed by atoms with E-state index in [1.54, 1.807) is 0 Å². The average molecular weight is 277 g/mol. The fourth-order valence-corrected chi connectivity index (χ4v) is 2.55. The van der Waals surface area contributed by atoms with E-state index in [1.807, 2.05) is 24.3 Å². The molecule has 1 atom stereocenters. The number of rotatable bonds is 7. The number of hydrogen-bond donors (Lipinski definition) is 2. The number of nitrogens with two attached hydrogens (primary N) is 2. The van der Waals surface area contributed by atoms with Gasteiger partial charge in [-0.1, -0.05) is 18.2 Å². The van der Waals surface area contributed by atoms with Crippen LogP contribution >= 0.6 is 0 Å². The fourth-order valence-electron chi connectivity index (χ4n) is 2.55. The molecule has 20 heavy (non-hydrogen) atoms. The quantitative estimate of drug-likeness (QED) is 0.720. The molecule has 1 aliphatic rings. The number of nitrogens with zero attached hydrogens (tertiary/aromatic N) is 1. The second-order valence-corrected chi connectivity index (χ2v) is 5.20. The van der Waals surface area contributed by atoms with Gasteiger partial charge in [0, 0.05) is 25.2 Å². The second kappa shape index (κ2) is 7.26. The third-order valence-electron chi connectivity index (χ3n) is 3.74. The van der Waals surface area contributed by atoms with Crippen LogP contribution in [-0.4, -0.2) is 37.0 Å². The molecule has 1 fully saturated rings. The number of carbonyl (C=O) groups is 1. The lowest BCUT2D eigenvalue weighted by Crippen LogP contribution is -2.28. The lowest BCUT2D eigenvalue weighted by molar-refractivity contribution is -0.121. The van der Waals surface area contributed by atoms with Gasteiger partial charge in [-0.25, -0.2) is 0 Å². The summed E-state index contributed by atoms with van der Waals surface area (Å²) in [6.45, 7) is 3.83. The van der Waals surface area contributed by atoms with Gasteiger partial charge < -0.3 is 21.1 Å². The van der Waals surface area contributed by atoms with E-state index in [0.29, 0.717) is 13.2 Å². The van der Waals surface area contributed by atoms with Crippen LogP contribution in [0.5, 0.6) is 5.75 Å². The molecule has 2 rings (SSSR count). The predicted octanol–water partition coefficient (Wildman–Crippen LogP) is 0.721. The van der Waals surface area contributed by atoms with Crippen LogP contribution in [0.4, 0.5) is 0 Å². The van der Waals surface area contributed by atoms with Gasteiger partial charge in [-0.05, 0) is 25.5 Å². The van der Waals surface area contributed by atoms with Gasteiger partial charge in [-0.2, -0.15) is 0 Å². The summed E-state index contributed by atoms with van der Waals surface area (Å²) in [4.78, 5) is 13.4. The zero-order valence-electron chi connectivity index (χ0n) is 11.8. The number of carbonyl (C=O) groups excluding carboxylic acids is 1. The highest BCUT2D eigenvalue weighted by molar-refractivity contribution is 5.77. The summed E-state index contributed by atoms with van der Waals surface area (Å²) >= 11 is 0. The number of hydrogen-bond acceptors (Lipinski definition) is 4. The van der Waals surface area contributed by atoms with Crippen LogP contribution in [0.3, 0.4) is 0 Å². The molecule has 0 bridgehead atoms. The third-order valence-corrected chi connectivity index (χ3v) is 3.74. The maximum absolute atomic E-state index is 11.1. The number of likely N-dealkylation sites (tertiary alicyclic amines) is 1. The van der Waals surface area contributed by atoms with Crippen molar-refractivity contribution in [3.63, 3.8) is 0 Å². The Morgan fingerprint density at radius 1 is 1.40 bits per heavy atom. The minimum absolute atomic E-state index is 0.0221. The van der Waals surface area contributed by atoms with Crippen LogP contribution in [0.15, 0.2) is 24.3 Å². The Balaban J connectivity index is 1.68. The number of ether oxygens (including phenoxy) is 1. The smallest absolute Gasteiger partial charge is 0.221 e. The summed E-state index contributed by atoms with van der Waals surface area (Å²) in [7, 11) is 0. The van der Waals surface area contributed by atoms with Gasteiger partial charge in [0.2, 0.25) is 5.91 Å². The largest absolute Gasteiger partial charge is 0.493 e. The van der Waals surface area contributed by atoms with E-state index in [4.69, 9.17) is 16.2 Å². The summed E-state index contributed by atoms with van der Waals surface area (Å²) in [6.07, 6.45) is 1.82. The summed E-state index contributed by atoms with van der Waals surface area (Å²) in [5.41, 5.74) is 12.0. The van der Waals surface area contributed by atoms with Crippen LogP contribution in [-0.2, 0) is 11.3 Å². The molecule has 1 amide bonds. The van der Waals surface area contributed by atoms with Crippen molar-refractivity contribution >= 4 is 5.91 Å². The van der Waals surface area contributed by atoms with Gasteiger partial charge >= 0.3 is 0 Å². The maximum atomic E-state index is 11.1. The number of benzene rings is 1. The number of para-hydroxylation sites is 1. The van der Waals surface area contributed by atoms with Crippen molar-refractivity contribution in [1.29, 1.82) is 0 Å². The van der Waals surface area contributed by atoms with Crippen molar-refractivity contribution in [2.24, 2.45) is 17.4 Å². The molecular formula is C15H23N3O2. The van der Waals surface area contributed by atoms with Gasteiger partial charge in [0.25, 0.3) is 0 Å². The van der Waals surface area contributed by atoms with E-state index in [-0.39, 0.29) is 11.8 Å². The van der Waals surface area contributed by atoms with Crippen molar-refractivity contribution in [3.05, 3.63) is 29.8 Å². The SMILES string of the molecule is NCc1ccccc1OCCCN1CCC(C(N)=O)C1. The molecule has 1 unspecified atom stereocenters. The Labute approximate surface area is 119 Å². The molecule has 0 aromatic heterocycles. The van der Waals surface area contributed by atoms with Gasteiger partial charge in [0.15, 0.2) is 0 Å². The van der Waals surface area contributed by atoms with E-state index in [2.05, 4.69) is 4.90 Å². The maximum Gasteiger partial charge on any atom is 0.221 e. The zero-order valence-corrected chi connectivity index (χ0v) is 11.8. The minimum atomic E-state index is -0.180. The third kappa shape index (κ3) is 3.95. The first-order valence-corrected chi connectivity index (χ1v) is 7.13. The van der Waals surface area contributed by atoms with Crippen LogP contribution in [0.2, 0.25) is 0 Å². The van der Waals surface area contributed by atoms with Crippen molar-refractivity contribution in [2.75, 3.05) is 26.2 Å². The highest BCUT2D eigenvalue weighted by Crippen LogP contribution is 2.18. The van der Waals surface area contributed by atoms with E-state index < -0.39 is 0 Å². The highest BCUT2D eigenvalue weighted by Gasteiger charge is 2.25. The van der Waals surface area contributed by atoms with Crippen LogP contribution in [0, 0.1) is 5.92 Å². The molecule has 5 heteroatoms. The Morgan fingerprint density at radius 2 is 2.20 bits per heavy atom. The molecule has 0 spiro atoms. The number of amides is 1. The van der Waals surface area contributed by atoms with Gasteiger partial charge in [-0.15, -0.1) is 0 Å². The van der Waals surface area contributed by atoms with E-state index in [9.17, 15) is 4.79 Å². The second-order valence-electron chi connectivity index (χ2n) is 5.20. The topological polar surface area (TPSA) is 81.6 Å². The van der Waals surface area contributed by atoms with Crippen molar-refractivity contribution in [3.8, 4) is 5.75 Å². The lowest BCUT2D eigenvalue weighted by Gasteiger charge is -2.16. The first kappa shape index (κ1) is 14.8. The normalized spacial score (nSPS) is 19.1. The van der Waals surface area contributed by atoms with Gasteiger partial charge in [0.05, 0.1) is 12.5 Å². The summed E-state index contributed by atoms with van der Waals surface area (Å²) in [5, 5.41) is 0. The predicted molar refractivity (Wildman–Crippen MR) is 78.2 cm³/mol. The first-order chi connectivity index (χ1) is 9.70. The van der Waals surface area contributed by atoms with E-state index in [1.165, 1.54) is 0 Å². The van der Waals surface area contributed by atoms with Crippen LogP contribution in [0.1, 0.15) is 18.4 Å². The highest BCUT2D eigenvalue weighted by atomic mass is 16.5. The molecule has 0 saturated carbocycles. The Kier molecular flexibility index (Phi) is 5.38. The number of primary amides is 1. The molecule has 110 valence electrons. The molecule has 1 aromatic carbocycles. The molecule has 0 aliphatic carbocycles. The molecule has 5 nitrogen and oxygen atoms in total. The fraction of sp³-hybridized carbons (Fsp3) is 0.533. The van der Waals surface area contributed by atoms with Gasteiger partial charge in [-0.3, -0.25) is 4.79 Å². The monoisotopic (exact) mass is 277 g/mol. The molecule has 1 saturated heterocycles. The summed E-state index contributed by atoms with van der Waals surface area (Å²) < 4.78 is 5.76.